The van der Waals surface area contributed by atoms with E-state index < -0.39 is 12.1 Å². The highest BCUT2D eigenvalue weighted by Gasteiger charge is 2.21. The fourth-order valence-electron chi connectivity index (χ4n) is 4.47. The first-order valence-electron chi connectivity index (χ1n) is 10.5. The van der Waals surface area contributed by atoms with Crippen molar-refractivity contribution in [2.45, 2.75) is 25.6 Å². The summed E-state index contributed by atoms with van der Waals surface area (Å²) in [5.41, 5.74) is 11.8. The van der Waals surface area contributed by atoms with Gasteiger partial charge in [-0.05, 0) is 53.9 Å². The Balaban J connectivity index is 1.49. The van der Waals surface area contributed by atoms with Gasteiger partial charge >= 0.3 is 5.97 Å². The monoisotopic (exact) mass is 428 g/mol. The Hall–Kier alpha value is -3.61. The number of aromatic nitrogens is 1. The number of nitrogens with two attached hydrogens (primary N) is 1. The number of nitrogens with zero attached hydrogens (tertiary/aromatic N) is 1. The van der Waals surface area contributed by atoms with Crippen molar-refractivity contribution in [1.82, 2.24) is 4.57 Å². The maximum absolute atomic E-state index is 11.7. The number of carboxylic acids is 1. The summed E-state index contributed by atoms with van der Waals surface area (Å²) in [6.07, 6.45) is 1.02. The molecule has 3 aromatic carbocycles. The van der Waals surface area contributed by atoms with Crippen LogP contribution in [0, 0.1) is 6.92 Å². The summed E-state index contributed by atoms with van der Waals surface area (Å²) in [5, 5.41) is 21.5. The Labute approximate surface area is 185 Å². The van der Waals surface area contributed by atoms with E-state index in [4.69, 9.17) is 10.5 Å². The van der Waals surface area contributed by atoms with E-state index in [1.165, 1.54) is 0 Å². The van der Waals surface area contributed by atoms with Gasteiger partial charge in [0.1, 0.15) is 12.4 Å². The third-order valence-electron chi connectivity index (χ3n) is 6.03. The van der Waals surface area contributed by atoms with Crippen molar-refractivity contribution in [3.8, 4) is 16.9 Å². The lowest BCUT2D eigenvalue weighted by molar-refractivity contribution is 0.0698. The molecule has 0 fully saturated rings. The smallest absolute Gasteiger partial charge is 0.337 e. The van der Waals surface area contributed by atoms with E-state index in [0.717, 1.165) is 39.0 Å². The zero-order valence-electron chi connectivity index (χ0n) is 17.7. The highest BCUT2D eigenvalue weighted by Crippen LogP contribution is 2.35. The Kier molecular flexibility index (Phi) is 4.96. The molecule has 1 aromatic heterocycles. The summed E-state index contributed by atoms with van der Waals surface area (Å²) in [6.45, 7) is 2.73. The van der Waals surface area contributed by atoms with Crippen molar-refractivity contribution >= 4 is 16.9 Å². The molecule has 0 aliphatic carbocycles. The number of aryl methyl sites for hydroxylation is 1. The number of carbonyl (C=O) groups is 1. The third-order valence-corrected chi connectivity index (χ3v) is 6.03. The first-order chi connectivity index (χ1) is 15.4. The van der Waals surface area contributed by atoms with Gasteiger partial charge in [0.15, 0.2) is 0 Å². The number of para-hydroxylation sites is 1. The third kappa shape index (κ3) is 3.53. The molecule has 1 aliphatic rings. The standard InChI is InChI=1S/C26H24N2O4/c1-15-9-18(17-5-6-24-21(12-17)22(27)14-32-24)11-19(10-15)23(29)13-28-8-7-16-3-2-4-20(25(16)28)26(30)31/h2-12,22-23,29H,13-14,27H2,1H3,(H,30,31)/t22-,23-/m1/s1. The molecular formula is C26H24N2O4. The number of aromatic carboxylic acids is 1. The molecule has 2 heterocycles. The Morgan fingerprint density at radius 2 is 2.00 bits per heavy atom. The number of ether oxygens (including phenoxy) is 1. The summed E-state index contributed by atoms with van der Waals surface area (Å²) < 4.78 is 7.40. The summed E-state index contributed by atoms with van der Waals surface area (Å²) in [5.74, 6) is -0.162. The lowest BCUT2D eigenvalue weighted by Crippen LogP contribution is -2.11. The molecule has 4 aromatic rings. The van der Waals surface area contributed by atoms with Gasteiger partial charge in [-0.15, -0.1) is 0 Å². The number of hydrogen-bond acceptors (Lipinski definition) is 4. The van der Waals surface area contributed by atoms with Gasteiger partial charge in [-0.25, -0.2) is 4.79 Å². The lowest BCUT2D eigenvalue weighted by atomic mass is 9.95. The first kappa shape index (κ1) is 20.3. The van der Waals surface area contributed by atoms with Crippen molar-refractivity contribution < 1.29 is 19.7 Å². The normalized spacial score (nSPS) is 16.0. The predicted molar refractivity (Wildman–Crippen MR) is 123 cm³/mol. The van der Waals surface area contributed by atoms with E-state index in [-0.39, 0.29) is 18.2 Å². The highest BCUT2D eigenvalue weighted by atomic mass is 16.5. The first-order valence-corrected chi connectivity index (χ1v) is 10.5. The Morgan fingerprint density at radius 3 is 2.81 bits per heavy atom. The molecule has 0 radical (unpaired) electrons. The van der Waals surface area contributed by atoms with Gasteiger partial charge in [0, 0.05) is 17.1 Å². The summed E-state index contributed by atoms with van der Waals surface area (Å²) in [4.78, 5) is 11.7. The molecule has 0 saturated carbocycles. The van der Waals surface area contributed by atoms with Crippen LogP contribution in [-0.2, 0) is 6.54 Å². The van der Waals surface area contributed by atoms with Crippen LogP contribution in [0.3, 0.4) is 0 Å². The van der Waals surface area contributed by atoms with E-state index in [2.05, 4.69) is 12.1 Å². The van der Waals surface area contributed by atoms with Crippen molar-refractivity contribution in [3.05, 3.63) is 89.1 Å². The van der Waals surface area contributed by atoms with Gasteiger partial charge in [-0.1, -0.05) is 35.9 Å². The number of aliphatic hydroxyl groups excluding tert-OH is 1. The van der Waals surface area contributed by atoms with Crippen molar-refractivity contribution in [2.75, 3.05) is 6.61 Å². The van der Waals surface area contributed by atoms with Crippen LogP contribution in [0.25, 0.3) is 22.0 Å². The minimum atomic E-state index is -0.985. The molecule has 6 heteroatoms. The molecular weight excluding hydrogens is 404 g/mol. The number of fused-ring (bicyclic) bond motifs is 2. The predicted octanol–water partition coefficient (Wildman–Crippen LogP) is 4.44. The van der Waals surface area contributed by atoms with Crippen LogP contribution in [0.2, 0.25) is 0 Å². The van der Waals surface area contributed by atoms with E-state index in [1.807, 2.05) is 49.5 Å². The molecule has 5 rings (SSSR count). The number of hydrogen-bond donors (Lipinski definition) is 3. The van der Waals surface area contributed by atoms with E-state index in [0.29, 0.717) is 12.1 Å². The van der Waals surface area contributed by atoms with E-state index in [1.54, 1.807) is 16.7 Å². The lowest BCUT2D eigenvalue weighted by Gasteiger charge is -2.16. The topological polar surface area (TPSA) is 97.7 Å². The molecule has 1 aliphatic heterocycles. The quantitative estimate of drug-likeness (QED) is 0.437. The number of benzene rings is 3. The fourth-order valence-corrected chi connectivity index (χ4v) is 4.47. The minimum absolute atomic E-state index is 0.134. The molecule has 0 unspecified atom stereocenters. The average Bonchev–Trinajstić information content (AvgIpc) is 3.36. The molecule has 0 saturated heterocycles. The second-order valence-corrected chi connectivity index (χ2v) is 8.33. The Morgan fingerprint density at radius 1 is 1.16 bits per heavy atom. The van der Waals surface area contributed by atoms with Gasteiger partial charge in [-0.2, -0.15) is 0 Å². The van der Waals surface area contributed by atoms with Crippen molar-refractivity contribution in [1.29, 1.82) is 0 Å². The van der Waals surface area contributed by atoms with E-state index >= 15 is 0 Å². The van der Waals surface area contributed by atoms with Gasteiger partial charge in [0.25, 0.3) is 0 Å². The van der Waals surface area contributed by atoms with Crippen molar-refractivity contribution in [2.24, 2.45) is 5.73 Å². The molecule has 32 heavy (non-hydrogen) atoms. The minimum Gasteiger partial charge on any atom is -0.491 e. The van der Waals surface area contributed by atoms with Crippen molar-refractivity contribution in [3.63, 3.8) is 0 Å². The summed E-state index contributed by atoms with van der Waals surface area (Å²) in [6, 6.07) is 18.9. The van der Waals surface area contributed by atoms with Gasteiger partial charge in [0.2, 0.25) is 0 Å². The molecule has 6 nitrogen and oxygen atoms in total. The van der Waals surface area contributed by atoms with Crippen LogP contribution in [0.1, 0.15) is 39.2 Å². The molecule has 0 spiro atoms. The second kappa shape index (κ2) is 7.82. The molecule has 0 amide bonds. The molecule has 162 valence electrons. The number of carboxylic acid groups (broad SMARTS) is 1. The van der Waals surface area contributed by atoms with Crippen LogP contribution < -0.4 is 10.5 Å². The van der Waals surface area contributed by atoms with Crippen LogP contribution >= 0.6 is 0 Å². The van der Waals surface area contributed by atoms with Crippen LogP contribution in [0.4, 0.5) is 0 Å². The highest BCUT2D eigenvalue weighted by molar-refractivity contribution is 6.02. The van der Waals surface area contributed by atoms with E-state index in [9.17, 15) is 15.0 Å². The molecule has 0 bridgehead atoms. The summed E-state index contributed by atoms with van der Waals surface area (Å²) in [7, 11) is 0. The van der Waals surface area contributed by atoms with Crippen LogP contribution in [0.15, 0.2) is 66.9 Å². The molecule has 4 N–H and O–H groups in total. The zero-order chi connectivity index (χ0) is 22.4. The maximum Gasteiger partial charge on any atom is 0.337 e. The summed E-state index contributed by atoms with van der Waals surface area (Å²) >= 11 is 0. The van der Waals surface area contributed by atoms with Crippen LogP contribution in [0.5, 0.6) is 5.75 Å². The molecule has 2 atom stereocenters. The maximum atomic E-state index is 11.7. The zero-order valence-corrected chi connectivity index (χ0v) is 17.7. The second-order valence-electron chi connectivity index (χ2n) is 8.33. The number of aliphatic hydroxyl groups is 1. The fraction of sp³-hybridized carbons (Fsp3) is 0.192. The van der Waals surface area contributed by atoms with Gasteiger partial charge in [0.05, 0.1) is 29.8 Å². The van der Waals surface area contributed by atoms with Gasteiger partial charge in [-0.3, -0.25) is 0 Å². The Bertz CT molecular complexity index is 1340. The average molecular weight is 428 g/mol. The van der Waals surface area contributed by atoms with Crippen LogP contribution in [-0.4, -0.2) is 27.4 Å². The SMILES string of the molecule is Cc1cc(-c2ccc3c(c2)[C@H](N)CO3)cc([C@H](O)Cn2ccc3cccc(C(=O)O)c32)c1. The number of rotatable bonds is 5. The largest absolute Gasteiger partial charge is 0.491 e. The van der Waals surface area contributed by atoms with Gasteiger partial charge < -0.3 is 25.3 Å².